The number of furan rings is 1. The standard InChI is InChI=1S/C15H13N3O/c1-18-14-6-4-11(10-16)9-13(14)17-15(18)7-5-12-3-2-8-19-12/h2-4,6,8-9H,5,7H2,1H3. The van der Waals surface area contributed by atoms with Crippen molar-refractivity contribution in [1.29, 1.82) is 5.26 Å². The molecule has 0 amide bonds. The Morgan fingerprint density at radius 1 is 1.32 bits per heavy atom. The van der Waals surface area contributed by atoms with Crippen LogP contribution in [0.4, 0.5) is 0 Å². The van der Waals surface area contributed by atoms with E-state index in [1.807, 2.05) is 37.4 Å². The van der Waals surface area contributed by atoms with Gasteiger partial charge in [0.2, 0.25) is 0 Å². The molecule has 1 aromatic carbocycles. The lowest BCUT2D eigenvalue weighted by Gasteiger charge is -2.00. The van der Waals surface area contributed by atoms with E-state index >= 15 is 0 Å². The fourth-order valence-corrected chi connectivity index (χ4v) is 2.23. The van der Waals surface area contributed by atoms with Gasteiger partial charge in [-0.1, -0.05) is 0 Å². The van der Waals surface area contributed by atoms with Crippen molar-refractivity contribution in [3.05, 3.63) is 53.7 Å². The summed E-state index contributed by atoms with van der Waals surface area (Å²) in [5, 5.41) is 8.90. The number of aromatic nitrogens is 2. The molecule has 0 saturated carbocycles. The molecule has 94 valence electrons. The van der Waals surface area contributed by atoms with Crippen LogP contribution in [0.1, 0.15) is 17.1 Å². The number of nitrogens with zero attached hydrogens (tertiary/aromatic N) is 3. The Kier molecular flexibility index (Phi) is 2.81. The van der Waals surface area contributed by atoms with E-state index in [2.05, 4.69) is 15.6 Å². The van der Waals surface area contributed by atoms with E-state index in [4.69, 9.17) is 9.68 Å². The van der Waals surface area contributed by atoms with Crippen molar-refractivity contribution in [1.82, 2.24) is 9.55 Å². The molecule has 0 spiro atoms. The van der Waals surface area contributed by atoms with Gasteiger partial charge in [-0.25, -0.2) is 4.98 Å². The minimum absolute atomic E-state index is 0.642. The van der Waals surface area contributed by atoms with Crippen molar-refractivity contribution in [2.24, 2.45) is 7.05 Å². The minimum atomic E-state index is 0.642. The highest BCUT2D eigenvalue weighted by atomic mass is 16.3. The molecule has 0 radical (unpaired) electrons. The monoisotopic (exact) mass is 251 g/mol. The van der Waals surface area contributed by atoms with Gasteiger partial charge in [0.05, 0.1) is 28.9 Å². The van der Waals surface area contributed by atoms with E-state index in [9.17, 15) is 0 Å². The first-order valence-corrected chi connectivity index (χ1v) is 6.16. The summed E-state index contributed by atoms with van der Waals surface area (Å²) < 4.78 is 7.39. The highest BCUT2D eigenvalue weighted by Crippen LogP contribution is 2.17. The Labute approximate surface area is 110 Å². The lowest BCUT2D eigenvalue weighted by Crippen LogP contribution is -1.99. The van der Waals surface area contributed by atoms with Crippen molar-refractivity contribution in [2.75, 3.05) is 0 Å². The molecule has 0 aliphatic heterocycles. The van der Waals surface area contributed by atoms with Crippen molar-refractivity contribution in [2.45, 2.75) is 12.8 Å². The van der Waals surface area contributed by atoms with Crippen molar-refractivity contribution < 1.29 is 4.42 Å². The van der Waals surface area contributed by atoms with Crippen LogP contribution < -0.4 is 0 Å². The maximum Gasteiger partial charge on any atom is 0.110 e. The Morgan fingerprint density at radius 2 is 2.21 bits per heavy atom. The largest absolute Gasteiger partial charge is 0.469 e. The molecule has 19 heavy (non-hydrogen) atoms. The van der Waals surface area contributed by atoms with Gasteiger partial charge in [-0.3, -0.25) is 0 Å². The molecule has 0 bridgehead atoms. The molecule has 0 atom stereocenters. The summed E-state index contributed by atoms with van der Waals surface area (Å²) in [6, 6.07) is 11.6. The molecule has 2 heterocycles. The summed E-state index contributed by atoms with van der Waals surface area (Å²) in [5.41, 5.74) is 2.56. The number of imidazole rings is 1. The number of nitriles is 1. The number of benzene rings is 1. The fraction of sp³-hybridized carbons (Fsp3) is 0.200. The van der Waals surface area contributed by atoms with Crippen LogP contribution in [0.25, 0.3) is 11.0 Å². The van der Waals surface area contributed by atoms with Gasteiger partial charge in [-0.05, 0) is 30.3 Å². The summed E-state index contributed by atoms with van der Waals surface area (Å²) >= 11 is 0. The third-order valence-corrected chi connectivity index (χ3v) is 3.28. The van der Waals surface area contributed by atoms with Gasteiger partial charge in [-0.2, -0.15) is 5.26 Å². The number of hydrogen-bond acceptors (Lipinski definition) is 3. The number of aryl methyl sites for hydroxylation is 3. The van der Waals surface area contributed by atoms with Gasteiger partial charge < -0.3 is 8.98 Å². The first kappa shape index (κ1) is 11.5. The topological polar surface area (TPSA) is 54.8 Å². The molecule has 2 aromatic heterocycles. The second-order valence-electron chi connectivity index (χ2n) is 4.48. The second-order valence-corrected chi connectivity index (χ2v) is 4.48. The molecule has 0 fully saturated rings. The summed E-state index contributed by atoms with van der Waals surface area (Å²) in [5.74, 6) is 1.96. The predicted octanol–water partition coefficient (Wildman–Crippen LogP) is 2.82. The maximum atomic E-state index is 8.90. The minimum Gasteiger partial charge on any atom is -0.469 e. The summed E-state index contributed by atoms with van der Waals surface area (Å²) in [6.45, 7) is 0. The fourth-order valence-electron chi connectivity index (χ4n) is 2.23. The Hall–Kier alpha value is -2.54. The predicted molar refractivity (Wildman–Crippen MR) is 71.5 cm³/mol. The first-order valence-electron chi connectivity index (χ1n) is 6.16. The van der Waals surface area contributed by atoms with Crippen molar-refractivity contribution >= 4 is 11.0 Å². The van der Waals surface area contributed by atoms with E-state index in [1.54, 1.807) is 6.26 Å². The van der Waals surface area contributed by atoms with Crippen LogP contribution in [0.2, 0.25) is 0 Å². The quantitative estimate of drug-likeness (QED) is 0.719. The van der Waals surface area contributed by atoms with E-state index < -0.39 is 0 Å². The summed E-state index contributed by atoms with van der Waals surface area (Å²) in [7, 11) is 2.00. The third-order valence-electron chi connectivity index (χ3n) is 3.28. The van der Waals surface area contributed by atoms with E-state index in [-0.39, 0.29) is 0 Å². The van der Waals surface area contributed by atoms with Gasteiger partial charge in [0.1, 0.15) is 11.6 Å². The molecule has 4 nitrogen and oxygen atoms in total. The molecule has 3 aromatic rings. The van der Waals surface area contributed by atoms with Gasteiger partial charge in [0.15, 0.2) is 0 Å². The Balaban J connectivity index is 1.91. The number of fused-ring (bicyclic) bond motifs is 1. The lowest BCUT2D eigenvalue weighted by molar-refractivity contribution is 0.505. The lowest BCUT2D eigenvalue weighted by atomic mass is 10.2. The van der Waals surface area contributed by atoms with Gasteiger partial charge in [0, 0.05) is 19.9 Å². The zero-order valence-electron chi connectivity index (χ0n) is 10.6. The molecule has 0 aliphatic rings. The van der Waals surface area contributed by atoms with Crippen LogP contribution >= 0.6 is 0 Å². The molecular formula is C15H13N3O. The average molecular weight is 251 g/mol. The van der Waals surface area contributed by atoms with Gasteiger partial charge in [-0.15, -0.1) is 0 Å². The van der Waals surface area contributed by atoms with E-state index in [1.165, 1.54) is 0 Å². The third kappa shape index (κ3) is 2.11. The normalized spacial score (nSPS) is 10.7. The average Bonchev–Trinajstić information content (AvgIpc) is 3.04. The number of rotatable bonds is 3. The smallest absolute Gasteiger partial charge is 0.110 e. The SMILES string of the molecule is Cn1c(CCc2ccco2)nc2cc(C#N)ccc21. The van der Waals surface area contributed by atoms with Crippen LogP contribution in [0.15, 0.2) is 41.0 Å². The molecule has 0 unspecified atom stereocenters. The molecule has 0 aliphatic carbocycles. The molecule has 4 heteroatoms. The van der Waals surface area contributed by atoms with Gasteiger partial charge in [0.25, 0.3) is 0 Å². The van der Waals surface area contributed by atoms with Gasteiger partial charge >= 0.3 is 0 Å². The molecular weight excluding hydrogens is 238 g/mol. The van der Waals surface area contributed by atoms with E-state index in [0.717, 1.165) is 35.5 Å². The highest BCUT2D eigenvalue weighted by Gasteiger charge is 2.09. The highest BCUT2D eigenvalue weighted by molar-refractivity contribution is 5.77. The number of hydrogen-bond donors (Lipinski definition) is 0. The summed E-state index contributed by atoms with van der Waals surface area (Å²) in [4.78, 5) is 4.59. The van der Waals surface area contributed by atoms with Crippen LogP contribution in [0.5, 0.6) is 0 Å². The molecule has 0 saturated heterocycles. The van der Waals surface area contributed by atoms with Crippen molar-refractivity contribution in [3.8, 4) is 6.07 Å². The second kappa shape index (κ2) is 4.62. The van der Waals surface area contributed by atoms with Crippen LogP contribution in [0.3, 0.4) is 0 Å². The van der Waals surface area contributed by atoms with Crippen LogP contribution in [0, 0.1) is 11.3 Å². The maximum absolute atomic E-state index is 8.90. The zero-order valence-corrected chi connectivity index (χ0v) is 10.6. The van der Waals surface area contributed by atoms with Crippen molar-refractivity contribution in [3.63, 3.8) is 0 Å². The van der Waals surface area contributed by atoms with Crippen LogP contribution in [-0.4, -0.2) is 9.55 Å². The molecule has 0 N–H and O–H groups in total. The summed E-state index contributed by atoms with van der Waals surface area (Å²) in [6.07, 6.45) is 3.33. The first-order chi connectivity index (χ1) is 9.28. The Morgan fingerprint density at radius 3 is 2.95 bits per heavy atom. The Bertz CT molecular complexity index is 748. The molecule has 3 rings (SSSR count). The van der Waals surface area contributed by atoms with Crippen LogP contribution in [-0.2, 0) is 19.9 Å². The zero-order chi connectivity index (χ0) is 13.2. The van der Waals surface area contributed by atoms with E-state index in [0.29, 0.717) is 5.56 Å².